The molecule has 76 valence electrons. The Morgan fingerprint density at radius 2 is 2.36 bits per heavy atom. The molecule has 0 saturated heterocycles. The van der Waals surface area contributed by atoms with Crippen molar-refractivity contribution < 1.29 is 9.53 Å². The number of carbonyl (C=O) groups excluding carboxylic acids is 1. The van der Waals surface area contributed by atoms with Crippen LogP contribution in [0.5, 0.6) is 0 Å². The van der Waals surface area contributed by atoms with Gasteiger partial charge < -0.3 is 4.74 Å². The molecule has 0 atom stereocenters. The molecule has 4 heteroatoms. The molecule has 0 bridgehead atoms. The summed E-state index contributed by atoms with van der Waals surface area (Å²) in [6, 6.07) is 0. The normalized spacial score (nSPS) is 9.86. The van der Waals surface area contributed by atoms with Gasteiger partial charge in [-0.05, 0) is 18.9 Å². The predicted octanol–water partition coefficient (Wildman–Crippen LogP) is 2.42. The van der Waals surface area contributed by atoms with Crippen LogP contribution in [0, 0.1) is 6.92 Å². The second kappa shape index (κ2) is 4.91. The minimum atomic E-state index is -0.201. The van der Waals surface area contributed by atoms with Gasteiger partial charge in [0.05, 0.1) is 23.2 Å². The second-order valence-corrected chi connectivity index (χ2v) is 3.80. The summed E-state index contributed by atoms with van der Waals surface area (Å²) < 4.78 is 4.56. The number of rotatable bonds is 4. The highest BCUT2D eigenvalue weighted by atomic mass is 32.1. The highest BCUT2D eigenvalue weighted by molar-refractivity contribution is 7.10. The van der Waals surface area contributed by atoms with Gasteiger partial charge in [0.1, 0.15) is 0 Å². The zero-order chi connectivity index (χ0) is 10.6. The molecule has 1 aromatic rings. The smallest absolute Gasteiger partial charge is 0.305 e. The van der Waals surface area contributed by atoms with E-state index in [0.717, 1.165) is 16.1 Å². The van der Waals surface area contributed by atoms with E-state index >= 15 is 0 Å². The Morgan fingerprint density at radius 3 is 2.86 bits per heavy atom. The van der Waals surface area contributed by atoms with Crippen molar-refractivity contribution in [3.8, 4) is 0 Å². The molecule has 0 radical (unpaired) electrons. The first-order valence-electron chi connectivity index (χ1n) is 4.30. The topological polar surface area (TPSA) is 39.2 Å². The highest BCUT2D eigenvalue weighted by Gasteiger charge is 2.08. The largest absolute Gasteiger partial charge is 0.469 e. The first kappa shape index (κ1) is 10.9. The summed E-state index contributed by atoms with van der Waals surface area (Å²) >= 11 is 1.55. The SMILES string of the molecule is C=C(CCC(=O)OC)c1scnc1C. The van der Waals surface area contributed by atoms with Crippen molar-refractivity contribution in [1.29, 1.82) is 0 Å². The van der Waals surface area contributed by atoms with E-state index in [2.05, 4.69) is 16.3 Å². The fraction of sp³-hybridized carbons (Fsp3) is 0.400. The lowest BCUT2D eigenvalue weighted by Gasteiger charge is -2.02. The Labute approximate surface area is 87.4 Å². The lowest BCUT2D eigenvalue weighted by Crippen LogP contribution is -1.99. The molecule has 1 rings (SSSR count). The molecule has 0 aliphatic rings. The maximum atomic E-state index is 10.9. The first-order chi connectivity index (χ1) is 6.65. The van der Waals surface area contributed by atoms with Crippen LogP contribution >= 0.6 is 11.3 Å². The van der Waals surface area contributed by atoms with Gasteiger partial charge in [0, 0.05) is 6.42 Å². The van der Waals surface area contributed by atoms with E-state index in [1.807, 2.05) is 6.92 Å². The van der Waals surface area contributed by atoms with Gasteiger partial charge in [0.25, 0.3) is 0 Å². The van der Waals surface area contributed by atoms with Crippen LogP contribution in [0.4, 0.5) is 0 Å². The van der Waals surface area contributed by atoms with Gasteiger partial charge in [-0.1, -0.05) is 6.58 Å². The van der Waals surface area contributed by atoms with E-state index in [4.69, 9.17) is 0 Å². The summed E-state index contributed by atoms with van der Waals surface area (Å²) in [5.41, 5.74) is 3.72. The van der Waals surface area contributed by atoms with Gasteiger partial charge in [-0.2, -0.15) is 0 Å². The third-order valence-corrected chi connectivity index (χ3v) is 2.96. The van der Waals surface area contributed by atoms with Crippen LogP contribution in [-0.4, -0.2) is 18.1 Å². The standard InChI is InChI=1S/C10H13NO2S/c1-7(4-5-9(12)13-3)10-8(2)11-6-14-10/h6H,1,4-5H2,2-3H3. The number of ether oxygens (including phenoxy) is 1. The average molecular weight is 211 g/mol. The molecule has 0 unspecified atom stereocenters. The molecule has 3 nitrogen and oxygen atoms in total. The molecule has 0 spiro atoms. The summed E-state index contributed by atoms with van der Waals surface area (Å²) in [6.07, 6.45) is 1.02. The van der Waals surface area contributed by atoms with Gasteiger partial charge in [-0.25, -0.2) is 4.98 Å². The van der Waals surface area contributed by atoms with E-state index in [1.54, 1.807) is 16.8 Å². The minimum Gasteiger partial charge on any atom is -0.469 e. The molecular weight excluding hydrogens is 198 g/mol. The van der Waals surface area contributed by atoms with E-state index in [1.165, 1.54) is 7.11 Å². The molecule has 0 fully saturated rings. The number of esters is 1. The van der Waals surface area contributed by atoms with E-state index in [9.17, 15) is 4.79 Å². The van der Waals surface area contributed by atoms with Crippen LogP contribution in [0.2, 0.25) is 0 Å². The van der Waals surface area contributed by atoms with Gasteiger partial charge in [0.15, 0.2) is 0 Å². The number of hydrogen-bond donors (Lipinski definition) is 0. The third kappa shape index (κ3) is 2.67. The number of thiazole rings is 1. The van der Waals surface area contributed by atoms with Crippen LogP contribution in [0.3, 0.4) is 0 Å². The van der Waals surface area contributed by atoms with Gasteiger partial charge in [-0.15, -0.1) is 11.3 Å². The Hall–Kier alpha value is -1.16. The van der Waals surface area contributed by atoms with Gasteiger partial charge >= 0.3 is 5.97 Å². The molecule has 1 aromatic heterocycles. The Kier molecular flexibility index (Phi) is 3.83. The predicted molar refractivity (Wildman–Crippen MR) is 57.1 cm³/mol. The average Bonchev–Trinajstić information content (AvgIpc) is 2.60. The maximum absolute atomic E-state index is 10.9. The van der Waals surface area contributed by atoms with Gasteiger partial charge in [0.2, 0.25) is 0 Å². The Morgan fingerprint density at radius 1 is 1.64 bits per heavy atom. The lowest BCUT2D eigenvalue weighted by molar-refractivity contribution is -0.140. The number of aryl methyl sites for hydroxylation is 1. The van der Waals surface area contributed by atoms with Crippen LogP contribution in [0.25, 0.3) is 5.57 Å². The summed E-state index contributed by atoms with van der Waals surface area (Å²) in [5, 5.41) is 0. The fourth-order valence-electron chi connectivity index (χ4n) is 1.11. The Balaban J connectivity index is 2.52. The molecule has 0 N–H and O–H groups in total. The first-order valence-corrected chi connectivity index (χ1v) is 5.18. The monoisotopic (exact) mass is 211 g/mol. The van der Waals surface area contributed by atoms with Crippen LogP contribution < -0.4 is 0 Å². The molecule has 0 saturated carbocycles. The van der Waals surface area contributed by atoms with Gasteiger partial charge in [-0.3, -0.25) is 4.79 Å². The van der Waals surface area contributed by atoms with Crippen molar-refractivity contribution in [2.45, 2.75) is 19.8 Å². The molecule has 0 aromatic carbocycles. The number of methoxy groups -OCH3 is 1. The number of hydrogen-bond acceptors (Lipinski definition) is 4. The highest BCUT2D eigenvalue weighted by Crippen LogP contribution is 2.24. The number of allylic oxidation sites excluding steroid dienone is 1. The second-order valence-electron chi connectivity index (χ2n) is 2.95. The fourth-order valence-corrected chi connectivity index (χ4v) is 1.92. The van der Waals surface area contributed by atoms with E-state index < -0.39 is 0 Å². The van der Waals surface area contributed by atoms with E-state index in [-0.39, 0.29) is 5.97 Å². The van der Waals surface area contributed by atoms with E-state index in [0.29, 0.717) is 12.8 Å². The molecule has 1 heterocycles. The molecule has 0 aliphatic carbocycles. The van der Waals surface area contributed by atoms with Crippen molar-refractivity contribution in [2.75, 3.05) is 7.11 Å². The summed E-state index contributed by atoms with van der Waals surface area (Å²) in [5.74, 6) is -0.201. The van der Waals surface area contributed by atoms with Crippen LogP contribution in [0.1, 0.15) is 23.4 Å². The number of carbonyl (C=O) groups is 1. The molecule has 0 amide bonds. The van der Waals surface area contributed by atoms with Crippen molar-refractivity contribution in [3.05, 3.63) is 22.7 Å². The summed E-state index contributed by atoms with van der Waals surface area (Å²) in [4.78, 5) is 16.1. The lowest BCUT2D eigenvalue weighted by atomic mass is 10.1. The zero-order valence-corrected chi connectivity index (χ0v) is 9.19. The number of aromatic nitrogens is 1. The van der Waals surface area contributed by atoms with Crippen molar-refractivity contribution in [1.82, 2.24) is 4.98 Å². The molecular formula is C10H13NO2S. The quantitative estimate of drug-likeness (QED) is 0.718. The molecule has 0 aliphatic heterocycles. The minimum absolute atomic E-state index is 0.201. The van der Waals surface area contributed by atoms with Crippen LogP contribution in [0.15, 0.2) is 12.1 Å². The number of nitrogens with zero attached hydrogens (tertiary/aromatic N) is 1. The zero-order valence-electron chi connectivity index (χ0n) is 8.37. The van der Waals surface area contributed by atoms with Crippen molar-refractivity contribution in [3.63, 3.8) is 0 Å². The summed E-state index contributed by atoms with van der Waals surface area (Å²) in [7, 11) is 1.39. The Bertz CT molecular complexity index is 344. The third-order valence-electron chi connectivity index (χ3n) is 1.93. The van der Waals surface area contributed by atoms with Crippen molar-refractivity contribution in [2.24, 2.45) is 0 Å². The van der Waals surface area contributed by atoms with Crippen molar-refractivity contribution >= 4 is 22.9 Å². The summed E-state index contributed by atoms with van der Waals surface area (Å²) in [6.45, 7) is 5.87. The van der Waals surface area contributed by atoms with Crippen LogP contribution in [-0.2, 0) is 9.53 Å². The maximum Gasteiger partial charge on any atom is 0.305 e. The molecule has 14 heavy (non-hydrogen) atoms.